The molecule has 1 heterocycles. The Kier molecular flexibility index (Phi) is 9.28. The highest BCUT2D eigenvalue weighted by Crippen LogP contribution is 2.31. The number of alkyl halides is 5. The molecule has 0 aliphatic heterocycles. The number of benzene rings is 2. The highest BCUT2D eigenvalue weighted by Gasteiger charge is 2.32. The molecule has 0 bridgehead atoms. The minimum atomic E-state index is -4.52. The van der Waals surface area contributed by atoms with Crippen molar-refractivity contribution in [2.45, 2.75) is 37.7 Å². The van der Waals surface area contributed by atoms with Crippen LogP contribution in [-0.2, 0) is 12.6 Å². The summed E-state index contributed by atoms with van der Waals surface area (Å²) < 4.78 is 68.7. The van der Waals surface area contributed by atoms with E-state index >= 15 is 0 Å². The average molecular weight is 526 g/mol. The Morgan fingerprint density at radius 3 is 2.36 bits per heavy atom. The van der Waals surface area contributed by atoms with Crippen LogP contribution in [-0.4, -0.2) is 18.6 Å². The van der Waals surface area contributed by atoms with Gasteiger partial charge < -0.3 is 10.1 Å². The summed E-state index contributed by atoms with van der Waals surface area (Å²) >= 11 is 6.04. The molecule has 192 valence electrons. The van der Waals surface area contributed by atoms with Crippen molar-refractivity contribution >= 4 is 11.6 Å². The summed E-state index contributed by atoms with van der Waals surface area (Å²) in [4.78, 5) is 3.52. The number of rotatable bonds is 11. The molecule has 10 heteroatoms. The topological polar surface area (TPSA) is 46.2 Å². The molecule has 2 N–H and O–H groups in total. The highest BCUT2D eigenvalue weighted by atomic mass is 35.5. The maximum Gasteiger partial charge on any atom is 0.433 e. The lowest BCUT2D eigenvalue weighted by Crippen LogP contribution is -2.31. The van der Waals surface area contributed by atoms with E-state index in [0.29, 0.717) is 34.7 Å². The molecule has 0 fully saturated rings. The van der Waals surface area contributed by atoms with Crippen molar-refractivity contribution in [1.82, 2.24) is 15.6 Å². The van der Waals surface area contributed by atoms with Gasteiger partial charge in [0.2, 0.25) is 0 Å². The molecule has 3 rings (SSSR count). The van der Waals surface area contributed by atoms with Gasteiger partial charge in [0.1, 0.15) is 11.4 Å². The molecule has 2 atom stereocenters. The van der Waals surface area contributed by atoms with Gasteiger partial charge in [-0.2, -0.15) is 22.0 Å². The third-order valence-electron chi connectivity index (χ3n) is 5.56. The first-order chi connectivity index (χ1) is 17.1. The van der Waals surface area contributed by atoms with Crippen molar-refractivity contribution in [3.8, 4) is 5.75 Å². The summed E-state index contributed by atoms with van der Waals surface area (Å²) in [5.74, 6) is 0.000910. The van der Waals surface area contributed by atoms with E-state index in [1.54, 1.807) is 31.3 Å². The number of halogens is 6. The normalized spacial score (nSPS) is 13.3. The second kappa shape index (κ2) is 12.2. The Hall–Kier alpha value is -3.17. The molecule has 0 aliphatic carbocycles. The van der Waals surface area contributed by atoms with Gasteiger partial charge in [-0.1, -0.05) is 48.5 Å². The Morgan fingerprint density at radius 1 is 1.06 bits per heavy atom. The van der Waals surface area contributed by atoms with Crippen molar-refractivity contribution in [2.24, 2.45) is 0 Å². The number of ether oxygens (including phenoxy) is 1. The first-order valence-electron chi connectivity index (χ1n) is 11.0. The zero-order valence-electron chi connectivity index (χ0n) is 19.3. The van der Waals surface area contributed by atoms with Crippen molar-refractivity contribution < 1.29 is 26.7 Å². The Labute approximate surface area is 211 Å². The van der Waals surface area contributed by atoms with Gasteiger partial charge in [0, 0.05) is 30.0 Å². The van der Waals surface area contributed by atoms with Crippen LogP contribution in [0.15, 0.2) is 79.1 Å². The molecule has 2 aromatic carbocycles. The monoisotopic (exact) mass is 525 g/mol. The summed E-state index contributed by atoms with van der Waals surface area (Å²) in [6.45, 7) is 1.10. The van der Waals surface area contributed by atoms with Crippen LogP contribution in [0.1, 0.15) is 40.9 Å². The highest BCUT2D eigenvalue weighted by molar-refractivity contribution is 6.30. The molecule has 0 unspecified atom stereocenters. The molecule has 1 aromatic heterocycles. The summed E-state index contributed by atoms with van der Waals surface area (Å²) in [5, 5.41) is 7.10. The molecule has 3 aromatic rings. The second-order valence-electron chi connectivity index (χ2n) is 8.02. The maximum absolute atomic E-state index is 12.9. The summed E-state index contributed by atoms with van der Waals surface area (Å²) in [5.41, 5.74) is 1.81. The van der Waals surface area contributed by atoms with E-state index in [9.17, 15) is 22.0 Å². The quantitative estimate of drug-likeness (QED) is 0.262. The van der Waals surface area contributed by atoms with Gasteiger partial charge in [-0.15, -0.1) is 0 Å². The minimum Gasteiger partial charge on any atom is -0.435 e. The number of aromatic nitrogens is 1. The first kappa shape index (κ1) is 27.4. The SMILES string of the molecule is C=C(NC)[C@H](N[C@H](CCc1ccc(C(F)(F)F)nc1)c1cccc(OC(F)F)c1)c1ccc(Cl)cc1. The fourth-order valence-electron chi connectivity index (χ4n) is 3.70. The smallest absolute Gasteiger partial charge is 0.433 e. The number of nitrogens with one attached hydrogen (secondary N) is 2. The maximum atomic E-state index is 12.9. The van der Waals surface area contributed by atoms with E-state index in [1.807, 2.05) is 12.1 Å². The van der Waals surface area contributed by atoms with Gasteiger partial charge in [-0.3, -0.25) is 10.3 Å². The lowest BCUT2D eigenvalue weighted by Gasteiger charge is -2.28. The molecule has 4 nitrogen and oxygen atoms in total. The molecule has 0 saturated carbocycles. The number of pyridine rings is 1. The third-order valence-corrected chi connectivity index (χ3v) is 5.82. The van der Waals surface area contributed by atoms with Gasteiger partial charge in [0.05, 0.1) is 6.04 Å². The largest absolute Gasteiger partial charge is 0.435 e. The lowest BCUT2D eigenvalue weighted by atomic mass is 9.96. The average Bonchev–Trinajstić information content (AvgIpc) is 2.84. The third kappa shape index (κ3) is 7.66. The molecular formula is C26H25ClF5N3O. The molecule has 0 radical (unpaired) electrons. The zero-order chi connectivity index (χ0) is 26.3. The molecule has 0 amide bonds. The second-order valence-corrected chi connectivity index (χ2v) is 8.45. The Morgan fingerprint density at radius 2 is 1.78 bits per heavy atom. The van der Waals surface area contributed by atoms with Crippen molar-refractivity contribution in [3.05, 3.63) is 107 Å². The molecule has 0 saturated heterocycles. The standard InChI is InChI=1S/C26H25ClF5N3O/c1-16(33-2)24(18-8-10-20(27)11-9-18)35-22(19-4-3-5-21(14-19)36-25(28)29)12-6-17-7-13-23(34-15-17)26(30,31)32/h3-5,7-11,13-15,22,24-25,33,35H,1,6,12H2,2H3/t22-,24+/m1/s1. The minimum absolute atomic E-state index is 0.000910. The van der Waals surface area contributed by atoms with Gasteiger partial charge >= 0.3 is 12.8 Å². The number of aryl methyl sites for hydroxylation is 1. The number of hydrogen-bond acceptors (Lipinski definition) is 4. The molecular weight excluding hydrogens is 501 g/mol. The van der Waals surface area contributed by atoms with Crippen LogP contribution >= 0.6 is 11.6 Å². The van der Waals surface area contributed by atoms with E-state index in [-0.39, 0.29) is 11.8 Å². The predicted octanol–water partition coefficient (Wildman–Crippen LogP) is 7.09. The fraction of sp³-hybridized carbons (Fsp3) is 0.269. The van der Waals surface area contributed by atoms with Crippen LogP contribution < -0.4 is 15.4 Å². The van der Waals surface area contributed by atoms with Crippen LogP contribution in [0, 0.1) is 0 Å². The van der Waals surface area contributed by atoms with Crippen LogP contribution in [0.3, 0.4) is 0 Å². The predicted molar refractivity (Wildman–Crippen MR) is 129 cm³/mol. The van der Waals surface area contributed by atoms with Crippen molar-refractivity contribution in [3.63, 3.8) is 0 Å². The van der Waals surface area contributed by atoms with Gasteiger partial charge in [-0.05, 0) is 59.9 Å². The summed E-state index contributed by atoms with van der Waals surface area (Å²) in [7, 11) is 1.73. The van der Waals surface area contributed by atoms with E-state index < -0.39 is 24.5 Å². The van der Waals surface area contributed by atoms with Crippen LogP contribution in [0.2, 0.25) is 5.02 Å². The van der Waals surface area contributed by atoms with Gasteiger partial charge in [-0.25, -0.2) is 0 Å². The van der Waals surface area contributed by atoms with E-state index in [4.69, 9.17) is 11.6 Å². The number of likely N-dealkylation sites (N-methyl/N-ethyl adjacent to an activating group) is 1. The van der Waals surface area contributed by atoms with Gasteiger partial charge in [0.25, 0.3) is 0 Å². The van der Waals surface area contributed by atoms with E-state index in [1.165, 1.54) is 24.4 Å². The molecule has 0 spiro atoms. The molecule has 36 heavy (non-hydrogen) atoms. The van der Waals surface area contributed by atoms with Crippen molar-refractivity contribution in [2.75, 3.05) is 7.05 Å². The van der Waals surface area contributed by atoms with E-state index in [2.05, 4.69) is 26.9 Å². The Bertz CT molecular complexity index is 1140. The number of nitrogens with zero attached hydrogens (tertiary/aromatic N) is 1. The van der Waals surface area contributed by atoms with Gasteiger partial charge in [0.15, 0.2) is 0 Å². The summed E-state index contributed by atoms with van der Waals surface area (Å²) in [6, 6.07) is 15.0. The Balaban J connectivity index is 1.90. The lowest BCUT2D eigenvalue weighted by molar-refractivity contribution is -0.141. The van der Waals surface area contributed by atoms with Crippen LogP contribution in [0.5, 0.6) is 5.75 Å². The molecule has 0 aliphatic rings. The first-order valence-corrected chi connectivity index (χ1v) is 11.4. The van der Waals surface area contributed by atoms with Crippen LogP contribution in [0.4, 0.5) is 22.0 Å². The summed E-state index contributed by atoms with van der Waals surface area (Å²) in [6.07, 6.45) is -2.53. The zero-order valence-corrected chi connectivity index (χ0v) is 20.1. The number of hydrogen-bond donors (Lipinski definition) is 2. The van der Waals surface area contributed by atoms with E-state index in [0.717, 1.165) is 11.6 Å². The fourth-order valence-corrected chi connectivity index (χ4v) is 3.83. The van der Waals surface area contributed by atoms with Crippen molar-refractivity contribution in [1.29, 1.82) is 0 Å². The van der Waals surface area contributed by atoms with Crippen LogP contribution in [0.25, 0.3) is 0 Å².